The molecule has 28 heavy (non-hydrogen) atoms. The average Bonchev–Trinajstić information content (AvgIpc) is 3.20. The summed E-state index contributed by atoms with van der Waals surface area (Å²) >= 11 is 12.0. The van der Waals surface area contributed by atoms with Crippen LogP contribution in [0.2, 0.25) is 10.0 Å². The monoisotopic (exact) mass is 465 g/mol. The fourth-order valence-electron chi connectivity index (χ4n) is 3.10. The van der Waals surface area contributed by atoms with Crippen LogP contribution in [0, 0.1) is 0 Å². The summed E-state index contributed by atoms with van der Waals surface area (Å²) in [6.07, 6.45) is 4.24. The zero-order valence-corrected chi connectivity index (χ0v) is 18.2. The van der Waals surface area contributed by atoms with Gasteiger partial charge in [0.15, 0.2) is 0 Å². The fraction of sp³-hybridized carbons (Fsp3) is 0.368. The van der Waals surface area contributed by atoms with Gasteiger partial charge in [0.2, 0.25) is 5.91 Å². The highest BCUT2D eigenvalue weighted by molar-refractivity contribution is 6.42. The van der Waals surface area contributed by atoms with Crippen molar-refractivity contribution in [2.24, 2.45) is 0 Å². The number of rotatable bonds is 6. The van der Waals surface area contributed by atoms with Crippen LogP contribution >= 0.6 is 48.0 Å². The largest absolute Gasteiger partial charge is 0.386 e. The summed E-state index contributed by atoms with van der Waals surface area (Å²) in [6.45, 7) is 1.85. The van der Waals surface area contributed by atoms with Crippen molar-refractivity contribution in [2.45, 2.75) is 31.5 Å². The molecule has 1 saturated heterocycles. The lowest BCUT2D eigenvalue weighted by Gasteiger charge is -2.28. The summed E-state index contributed by atoms with van der Waals surface area (Å²) in [5.74, 6) is -0.0909. The van der Waals surface area contributed by atoms with Crippen molar-refractivity contribution in [3.05, 3.63) is 63.9 Å². The number of hydrogen-bond donors (Lipinski definition) is 2. The summed E-state index contributed by atoms with van der Waals surface area (Å²) in [5.41, 5.74) is 1.54. The second kappa shape index (κ2) is 11.8. The lowest BCUT2D eigenvalue weighted by molar-refractivity contribution is -0.135. The molecule has 0 aliphatic carbocycles. The van der Waals surface area contributed by atoms with E-state index in [4.69, 9.17) is 23.2 Å². The first-order valence-electron chi connectivity index (χ1n) is 8.60. The molecule has 0 saturated carbocycles. The van der Waals surface area contributed by atoms with Crippen LogP contribution in [-0.2, 0) is 11.3 Å². The minimum absolute atomic E-state index is 0. The number of nitrogens with zero attached hydrogens (tertiary/aromatic N) is 2. The van der Waals surface area contributed by atoms with Crippen LogP contribution in [-0.4, -0.2) is 40.0 Å². The summed E-state index contributed by atoms with van der Waals surface area (Å²) in [4.78, 5) is 18.7. The predicted molar refractivity (Wildman–Crippen MR) is 117 cm³/mol. The van der Waals surface area contributed by atoms with E-state index in [0.717, 1.165) is 31.5 Å². The molecule has 1 aromatic heterocycles. The highest BCUT2D eigenvalue weighted by Crippen LogP contribution is 2.24. The molecular weight excluding hydrogens is 444 g/mol. The van der Waals surface area contributed by atoms with Crippen molar-refractivity contribution in [1.82, 2.24) is 15.2 Å². The number of aliphatic hydroxyl groups is 1. The van der Waals surface area contributed by atoms with E-state index in [1.807, 2.05) is 6.07 Å². The Hall–Kier alpha value is -1.08. The van der Waals surface area contributed by atoms with Crippen LogP contribution in [0.15, 0.2) is 42.7 Å². The van der Waals surface area contributed by atoms with Gasteiger partial charge in [0.25, 0.3) is 0 Å². The molecule has 2 atom stereocenters. The van der Waals surface area contributed by atoms with Crippen LogP contribution in [0.1, 0.15) is 30.1 Å². The number of amides is 1. The van der Waals surface area contributed by atoms with Gasteiger partial charge in [-0.3, -0.25) is 15.1 Å². The Labute approximate surface area is 187 Å². The fourth-order valence-corrected chi connectivity index (χ4v) is 3.42. The molecule has 0 spiro atoms. The predicted octanol–water partition coefficient (Wildman–Crippen LogP) is 4.05. The van der Waals surface area contributed by atoms with Crippen LogP contribution in [0.5, 0.6) is 0 Å². The minimum atomic E-state index is -0.964. The van der Waals surface area contributed by atoms with Crippen molar-refractivity contribution < 1.29 is 9.90 Å². The van der Waals surface area contributed by atoms with Gasteiger partial charge < -0.3 is 10.0 Å². The van der Waals surface area contributed by atoms with E-state index in [0.29, 0.717) is 22.2 Å². The molecular formula is C19H23Cl4N3O2. The highest BCUT2D eigenvalue weighted by Gasteiger charge is 2.32. The van der Waals surface area contributed by atoms with Crippen LogP contribution in [0.25, 0.3) is 0 Å². The van der Waals surface area contributed by atoms with E-state index in [9.17, 15) is 9.90 Å². The van der Waals surface area contributed by atoms with Gasteiger partial charge in [-0.25, -0.2) is 0 Å². The molecule has 0 unspecified atom stereocenters. The number of pyridine rings is 1. The molecule has 0 radical (unpaired) electrons. The summed E-state index contributed by atoms with van der Waals surface area (Å²) in [6, 6.07) is 8.01. The van der Waals surface area contributed by atoms with Crippen LogP contribution < -0.4 is 5.32 Å². The van der Waals surface area contributed by atoms with Gasteiger partial charge >= 0.3 is 0 Å². The summed E-state index contributed by atoms with van der Waals surface area (Å²) in [5, 5.41) is 14.9. The van der Waals surface area contributed by atoms with Gasteiger partial charge in [-0.2, -0.15) is 0 Å². The molecule has 2 aromatic rings. The molecule has 2 heterocycles. The summed E-state index contributed by atoms with van der Waals surface area (Å²) < 4.78 is 0. The quantitative estimate of drug-likeness (QED) is 0.673. The number of halogens is 4. The third kappa shape index (κ3) is 6.21. The Morgan fingerprint density at radius 1 is 1.11 bits per heavy atom. The van der Waals surface area contributed by atoms with Gasteiger partial charge in [-0.1, -0.05) is 29.3 Å². The number of likely N-dealkylation sites (tertiary alicyclic amines) is 1. The molecule has 1 fully saturated rings. The smallest absolute Gasteiger partial charge is 0.242 e. The molecule has 154 valence electrons. The second-order valence-electron chi connectivity index (χ2n) is 6.36. The first-order chi connectivity index (χ1) is 12.6. The maximum atomic E-state index is 12.9. The zero-order valence-electron chi connectivity index (χ0n) is 15.1. The highest BCUT2D eigenvalue weighted by atomic mass is 35.5. The van der Waals surface area contributed by atoms with Crippen molar-refractivity contribution in [3.63, 3.8) is 0 Å². The van der Waals surface area contributed by atoms with Gasteiger partial charge in [0.1, 0.15) is 12.1 Å². The van der Waals surface area contributed by atoms with Gasteiger partial charge in [-0.05, 0) is 48.2 Å². The molecule has 9 heteroatoms. The maximum absolute atomic E-state index is 12.9. The molecule has 1 aromatic carbocycles. The first kappa shape index (κ1) is 25.0. The first-order valence-corrected chi connectivity index (χ1v) is 9.36. The van der Waals surface area contributed by atoms with Gasteiger partial charge in [-0.15, -0.1) is 24.8 Å². The molecule has 0 bridgehead atoms. The van der Waals surface area contributed by atoms with Crippen molar-refractivity contribution in [2.75, 3.05) is 13.1 Å². The topological polar surface area (TPSA) is 65.5 Å². The van der Waals surface area contributed by atoms with Crippen LogP contribution in [0.4, 0.5) is 0 Å². The maximum Gasteiger partial charge on any atom is 0.242 e. The summed E-state index contributed by atoms with van der Waals surface area (Å²) in [7, 11) is 0. The molecule has 1 aliphatic heterocycles. The molecule has 1 aliphatic rings. The number of carbonyl (C=O) groups excluding carboxylic acids is 1. The van der Waals surface area contributed by atoms with E-state index in [1.165, 1.54) is 0 Å². The number of nitrogens with one attached hydrogen (secondary N) is 1. The molecule has 1 amide bonds. The number of carbonyl (C=O) groups is 1. The normalized spacial score (nSPS) is 15.3. The Morgan fingerprint density at radius 3 is 2.36 bits per heavy atom. The second-order valence-corrected chi connectivity index (χ2v) is 7.18. The number of hydrogen-bond acceptors (Lipinski definition) is 4. The Balaban J connectivity index is 0.00000196. The van der Waals surface area contributed by atoms with E-state index in [-0.39, 0.29) is 30.7 Å². The Bertz CT molecular complexity index is 758. The van der Waals surface area contributed by atoms with Crippen LogP contribution in [0.3, 0.4) is 0 Å². The minimum Gasteiger partial charge on any atom is -0.386 e. The molecule has 3 rings (SSSR count). The van der Waals surface area contributed by atoms with Crippen molar-refractivity contribution in [1.29, 1.82) is 0 Å². The average molecular weight is 467 g/mol. The van der Waals surface area contributed by atoms with E-state index < -0.39 is 12.1 Å². The number of benzene rings is 1. The standard InChI is InChI=1S/C19H21Cl2N3O2.2ClH/c20-15-4-3-13(11-16(15)21)12-23-17(19(26)24-9-1-2-10-24)18(25)14-5-7-22-8-6-14;;/h3-8,11,17-18,23,25H,1-2,9-10,12H2;2*1H/t17-,18+;;/m1../s1. The van der Waals surface area contributed by atoms with Crippen molar-refractivity contribution >= 4 is 53.9 Å². The Kier molecular flexibility index (Phi) is 10.5. The Morgan fingerprint density at radius 2 is 1.75 bits per heavy atom. The third-order valence-electron chi connectivity index (χ3n) is 4.56. The zero-order chi connectivity index (χ0) is 18.5. The van der Waals surface area contributed by atoms with Gasteiger partial charge in [0.05, 0.1) is 10.0 Å². The molecule has 2 N–H and O–H groups in total. The number of aliphatic hydroxyl groups excluding tert-OH is 1. The lowest BCUT2D eigenvalue weighted by atomic mass is 10.0. The van der Waals surface area contributed by atoms with Crippen molar-refractivity contribution in [3.8, 4) is 0 Å². The third-order valence-corrected chi connectivity index (χ3v) is 5.30. The number of aromatic nitrogens is 1. The lowest BCUT2D eigenvalue weighted by Crippen LogP contribution is -2.48. The SMILES string of the molecule is Cl.Cl.O=C([C@H](NCc1ccc(Cl)c(Cl)c1)[C@@H](O)c1ccncc1)N1CCCC1. The molecule has 5 nitrogen and oxygen atoms in total. The van der Waals surface area contributed by atoms with E-state index >= 15 is 0 Å². The van der Waals surface area contributed by atoms with E-state index in [1.54, 1.807) is 41.6 Å². The van der Waals surface area contributed by atoms with Gasteiger partial charge in [0, 0.05) is 32.0 Å². The van der Waals surface area contributed by atoms with E-state index in [2.05, 4.69) is 10.3 Å².